The second-order valence-corrected chi connectivity index (χ2v) is 6.22. The monoisotopic (exact) mass is 239 g/mol. The number of β-amino-alcohol motifs (C(OH)–C–C–N with tert-alkyl or cyclic N) is 1. The van der Waals surface area contributed by atoms with Crippen LogP contribution in [-0.4, -0.2) is 47.4 Å². The van der Waals surface area contributed by atoms with Crippen LogP contribution < -0.4 is 0 Å². The lowest BCUT2D eigenvalue weighted by atomic mass is 9.98. The molecule has 0 amide bonds. The summed E-state index contributed by atoms with van der Waals surface area (Å²) in [5, 5.41) is 9.68. The maximum atomic E-state index is 9.68. The van der Waals surface area contributed by atoms with Crippen molar-refractivity contribution in [1.29, 1.82) is 0 Å². The highest BCUT2D eigenvalue weighted by Gasteiger charge is 2.42. The number of nitrogens with zero attached hydrogens (tertiary/aromatic N) is 1. The highest BCUT2D eigenvalue weighted by molar-refractivity contribution is 4.93. The molecule has 0 aromatic carbocycles. The number of hydrogen-bond acceptors (Lipinski definition) is 3. The SMILES string of the molecule is OC1CCCN(CC2CCC3(CCCC3)O2)C1. The molecule has 1 saturated carbocycles. The van der Waals surface area contributed by atoms with Crippen LogP contribution >= 0.6 is 0 Å². The van der Waals surface area contributed by atoms with Crippen LogP contribution in [0.15, 0.2) is 0 Å². The molecule has 3 aliphatic rings. The van der Waals surface area contributed by atoms with Crippen molar-refractivity contribution in [3.63, 3.8) is 0 Å². The average molecular weight is 239 g/mol. The molecule has 0 aromatic heterocycles. The summed E-state index contributed by atoms with van der Waals surface area (Å²) in [7, 11) is 0. The molecular formula is C14H25NO2. The summed E-state index contributed by atoms with van der Waals surface area (Å²) in [4.78, 5) is 2.40. The fourth-order valence-electron chi connectivity index (χ4n) is 3.90. The highest BCUT2D eigenvalue weighted by atomic mass is 16.5. The second-order valence-electron chi connectivity index (χ2n) is 6.22. The van der Waals surface area contributed by atoms with Crippen molar-refractivity contribution in [2.75, 3.05) is 19.6 Å². The largest absolute Gasteiger partial charge is 0.392 e. The van der Waals surface area contributed by atoms with Gasteiger partial charge in [0.25, 0.3) is 0 Å². The maximum absolute atomic E-state index is 9.68. The molecule has 2 saturated heterocycles. The van der Waals surface area contributed by atoms with Crippen molar-refractivity contribution in [2.45, 2.75) is 69.2 Å². The minimum Gasteiger partial charge on any atom is -0.392 e. The van der Waals surface area contributed by atoms with Crippen molar-refractivity contribution in [3.8, 4) is 0 Å². The highest BCUT2D eigenvalue weighted by Crippen LogP contribution is 2.43. The van der Waals surface area contributed by atoms with Gasteiger partial charge in [-0.1, -0.05) is 12.8 Å². The fraction of sp³-hybridized carbons (Fsp3) is 1.00. The van der Waals surface area contributed by atoms with E-state index in [2.05, 4.69) is 4.90 Å². The lowest BCUT2D eigenvalue weighted by Gasteiger charge is -2.32. The average Bonchev–Trinajstić information content (AvgIpc) is 2.90. The predicted octanol–water partition coefficient (Wildman–Crippen LogP) is 1.93. The molecule has 1 N–H and O–H groups in total. The van der Waals surface area contributed by atoms with E-state index in [1.807, 2.05) is 0 Å². The quantitative estimate of drug-likeness (QED) is 0.799. The van der Waals surface area contributed by atoms with E-state index in [0.29, 0.717) is 6.10 Å². The Bertz CT molecular complexity index is 263. The summed E-state index contributed by atoms with van der Waals surface area (Å²) < 4.78 is 6.32. The smallest absolute Gasteiger partial charge is 0.0710 e. The van der Waals surface area contributed by atoms with Crippen molar-refractivity contribution in [1.82, 2.24) is 4.90 Å². The van der Waals surface area contributed by atoms with Crippen molar-refractivity contribution in [3.05, 3.63) is 0 Å². The normalized spacial score (nSPS) is 37.9. The molecule has 1 spiro atoms. The van der Waals surface area contributed by atoms with Crippen LogP contribution in [0.5, 0.6) is 0 Å². The Labute approximate surface area is 104 Å². The fourth-order valence-corrected chi connectivity index (χ4v) is 3.90. The van der Waals surface area contributed by atoms with Crippen LogP contribution in [0, 0.1) is 0 Å². The van der Waals surface area contributed by atoms with Crippen molar-refractivity contribution >= 4 is 0 Å². The third-order valence-electron chi connectivity index (χ3n) is 4.80. The molecule has 98 valence electrons. The van der Waals surface area contributed by atoms with E-state index in [0.717, 1.165) is 32.5 Å². The molecule has 2 unspecified atom stereocenters. The minimum atomic E-state index is -0.106. The van der Waals surface area contributed by atoms with Gasteiger partial charge in [0.1, 0.15) is 0 Å². The Morgan fingerprint density at radius 2 is 1.94 bits per heavy atom. The number of aliphatic hydroxyl groups excluding tert-OH is 1. The number of aliphatic hydroxyl groups is 1. The molecule has 2 atom stereocenters. The molecule has 0 bridgehead atoms. The number of hydrogen-bond donors (Lipinski definition) is 1. The van der Waals surface area contributed by atoms with Crippen molar-refractivity contribution in [2.24, 2.45) is 0 Å². The summed E-state index contributed by atoms with van der Waals surface area (Å²) in [5.74, 6) is 0. The van der Waals surface area contributed by atoms with E-state index >= 15 is 0 Å². The molecule has 17 heavy (non-hydrogen) atoms. The topological polar surface area (TPSA) is 32.7 Å². The Hall–Kier alpha value is -0.120. The molecule has 1 aliphatic carbocycles. The van der Waals surface area contributed by atoms with Gasteiger partial charge in [-0.15, -0.1) is 0 Å². The first-order valence-corrected chi connectivity index (χ1v) is 7.34. The summed E-state index contributed by atoms with van der Waals surface area (Å²) in [6.07, 6.45) is 10.2. The summed E-state index contributed by atoms with van der Waals surface area (Å²) >= 11 is 0. The third-order valence-corrected chi connectivity index (χ3v) is 4.80. The molecular weight excluding hydrogens is 214 g/mol. The molecule has 0 radical (unpaired) electrons. The summed E-state index contributed by atoms with van der Waals surface area (Å²) in [5.41, 5.74) is 0.263. The molecule has 3 rings (SSSR count). The van der Waals surface area contributed by atoms with Gasteiger partial charge >= 0.3 is 0 Å². The van der Waals surface area contributed by atoms with Crippen LogP contribution in [0.3, 0.4) is 0 Å². The minimum absolute atomic E-state index is 0.106. The number of likely N-dealkylation sites (tertiary alicyclic amines) is 1. The Balaban J connectivity index is 1.50. The second kappa shape index (κ2) is 4.87. The first kappa shape index (κ1) is 11.9. The summed E-state index contributed by atoms with van der Waals surface area (Å²) in [6, 6.07) is 0. The van der Waals surface area contributed by atoms with Gasteiger partial charge < -0.3 is 9.84 Å². The van der Waals surface area contributed by atoms with Gasteiger partial charge in [-0.2, -0.15) is 0 Å². The van der Waals surface area contributed by atoms with Gasteiger partial charge in [0, 0.05) is 13.1 Å². The van der Waals surface area contributed by atoms with E-state index in [4.69, 9.17) is 4.74 Å². The number of ether oxygens (including phenoxy) is 1. The van der Waals surface area contributed by atoms with Crippen LogP contribution in [0.4, 0.5) is 0 Å². The maximum Gasteiger partial charge on any atom is 0.0710 e. The van der Waals surface area contributed by atoms with Crippen LogP contribution in [0.1, 0.15) is 51.4 Å². The lowest BCUT2D eigenvalue weighted by molar-refractivity contribution is -0.0541. The number of rotatable bonds is 2. The van der Waals surface area contributed by atoms with Gasteiger partial charge in [0.05, 0.1) is 17.8 Å². The van der Waals surface area contributed by atoms with E-state index in [1.165, 1.54) is 38.5 Å². The van der Waals surface area contributed by atoms with Crippen LogP contribution in [-0.2, 0) is 4.74 Å². The Morgan fingerprint density at radius 3 is 2.71 bits per heavy atom. The van der Waals surface area contributed by atoms with Gasteiger partial charge in [-0.25, -0.2) is 0 Å². The molecule has 0 aromatic rings. The zero-order valence-corrected chi connectivity index (χ0v) is 10.7. The standard InChI is InChI=1S/C14H25NO2/c16-12-4-3-9-15(10-12)11-13-5-8-14(17-13)6-1-2-7-14/h12-13,16H,1-11H2. The van der Waals surface area contributed by atoms with E-state index < -0.39 is 0 Å². The van der Waals surface area contributed by atoms with Gasteiger partial charge in [-0.3, -0.25) is 4.90 Å². The predicted molar refractivity (Wildman–Crippen MR) is 67.0 cm³/mol. The molecule has 3 fully saturated rings. The lowest BCUT2D eigenvalue weighted by Crippen LogP contribution is -2.42. The first-order valence-electron chi connectivity index (χ1n) is 7.34. The van der Waals surface area contributed by atoms with E-state index in [-0.39, 0.29) is 11.7 Å². The molecule has 2 aliphatic heterocycles. The van der Waals surface area contributed by atoms with Gasteiger partial charge in [0.2, 0.25) is 0 Å². The van der Waals surface area contributed by atoms with Gasteiger partial charge in [-0.05, 0) is 45.1 Å². The number of piperidine rings is 1. The summed E-state index contributed by atoms with van der Waals surface area (Å²) in [6.45, 7) is 3.04. The van der Waals surface area contributed by atoms with Crippen LogP contribution in [0.2, 0.25) is 0 Å². The molecule has 3 nitrogen and oxygen atoms in total. The van der Waals surface area contributed by atoms with Crippen molar-refractivity contribution < 1.29 is 9.84 Å². The van der Waals surface area contributed by atoms with E-state index in [9.17, 15) is 5.11 Å². The Kier molecular flexibility index (Phi) is 3.42. The van der Waals surface area contributed by atoms with E-state index in [1.54, 1.807) is 0 Å². The molecule has 3 heteroatoms. The zero-order chi connectivity index (χ0) is 11.7. The Morgan fingerprint density at radius 1 is 1.12 bits per heavy atom. The zero-order valence-electron chi connectivity index (χ0n) is 10.7. The molecule has 2 heterocycles. The first-order chi connectivity index (χ1) is 8.26. The van der Waals surface area contributed by atoms with Crippen LogP contribution in [0.25, 0.3) is 0 Å². The third kappa shape index (κ3) is 2.67. The van der Waals surface area contributed by atoms with Gasteiger partial charge in [0.15, 0.2) is 0 Å².